The van der Waals surface area contributed by atoms with Gasteiger partial charge in [0.25, 0.3) is 0 Å². The smallest absolute Gasteiger partial charge is 0.212 e. The molecule has 9 nitrogen and oxygen atoms in total. The van der Waals surface area contributed by atoms with Crippen LogP contribution in [0.15, 0.2) is 0 Å². The molecule has 0 aliphatic carbocycles. The van der Waals surface area contributed by atoms with E-state index in [-0.39, 0.29) is 0 Å². The first kappa shape index (κ1) is 17.7. The quantitative estimate of drug-likeness (QED) is 0.346. The van der Waals surface area contributed by atoms with Gasteiger partial charge >= 0.3 is 0 Å². The second-order valence-electron chi connectivity index (χ2n) is 4.60. The molecule has 9 heteroatoms. The normalized spacial score (nSPS) is 37.2. The highest BCUT2D eigenvalue weighted by atomic mass is 16.8. The van der Waals surface area contributed by atoms with Gasteiger partial charge in [0.15, 0.2) is 18.9 Å². The van der Waals surface area contributed by atoms with Crippen molar-refractivity contribution >= 4 is 0 Å². The third-order valence-corrected chi connectivity index (χ3v) is 2.63. The lowest BCUT2D eigenvalue weighted by Gasteiger charge is -2.38. The Balaban J connectivity index is 2.68. The van der Waals surface area contributed by atoms with E-state index in [0.717, 1.165) is 0 Å². The summed E-state index contributed by atoms with van der Waals surface area (Å²) in [5.41, 5.74) is 0. The molecule has 1 aliphatic rings. The van der Waals surface area contributed by atoms with E-state index in [0.29, 0.717) is 0 Å². The molecular formula is C11H22O9. The van der Waals surface area contributed by atoms with Gasteiger partial charge in [-0.15, -0.1) is 0 Å². The Morgan fingerprint density at radius 1 is 1.00 bits per heavy atom. The van der Waals surface area contributed by atoms with Gasteiger partial charge in [-0.05, 0) is 20.8 Å². The van der Waals surface area contributed by atoms with Crippen molar-refractivity contribution in [3.05, 3.63) is 0 Å². The summed E-state index contributed by atoms with van der Waals surface area (Å²) in [5.74, 6) is 0. The first-order valence-electron chi connectivity index (χ1n) is 6.24. The van der Waals surface area contributed by atoms with Gasteiger partial charge in [0.1, 0.15) is 12.2 Å². The minimum Gasteiger partial charge on any atom is -0.391 e. The zero-order chi connectivity index (χ0) is 15.4. The van der Waals surface area contributed by atoms with E-state index in [1.165, 1.54) is 20.8 Å². The fourth-order valence-electron chi connectivity index (χ4n) is 1.51. The summed E-state index contributed by atoms with van der Waals surface area (Å²) in [5, 5.41) is 47.1. The summed E-state index contributed by atoms with van der Waals surface area (Å²) < 4.78 is 20.0. The SMILES string of the molecule is CC(O)OC(OC1OC(C)C(O)OC1O)C(O)C(C)O. The van der Waals surface area contributed by atoms with Gasteiger partial charge < -0.3 is 44.5 Å². The molecule has 1 heterocycles. The zero-order valence-electron chi connectivity index (χ0n) is 11.5. The molecule has 0 radical (unpaired) electrons. The zero-order valence-corrected chi connectivity index (χ0v) is 11.5. The van der Waals surface area contributed by atoms with Crippen LogP contribution in [0.1, 0.15) is 20.8 Å². The lowest BCUT2D eigenvalue weighted by atomic mass is 10.2. The van der Waals surface area contributed by atoms with Gasteiger partial charge in [0.2, 0.25) is 12.6 Å². The molecule has 0 saturated carbocycles. The molecule has 5 N–H and O–H groups in total. The van der Waals surface area contributed by atoms with E-state index in [4.69, 9.17) is 18.9 Å². The topological polar surface area (TPSA) is 138 Å². The van der Waals surface area contributed by atoms with Crippen LogP contribution in [0.25, 0.3) is 0 Å². The van der Waals surface area contributed by atoms with E-state index in [2.05, 4.69) is 0 Å². The van der Waals surface area contributed by atoms with Gasteiger partial charge in [0, 0.05) is 0 Å². The minimum atomic E-state index is -1.61. The standard InChI is InChI=1S/C11H22O9/c1-4(12)7(14)10(18-6(3)13)20-11-9(16)19-8(15)5(2)17-11/h4-16H,1-3H3. The maximum Gasteiger partial charge on any atom is 0.212 e. The summed E-state index contributed by atoms with van der Waals surface area (Å²) in [6, 6.07) is 0. The molecule has 120 valence electrons. The number of aliphatic hydroxyl groups is 5. The molecule has 1 aliphatic heterocycles. The molecule has 1 saturated heterocycles. The van der Waals surface area contributed by atoms with E-state index in [1.807, 2.05) is 0 Å². The van der Waals surface area contributed by atoms with Crippen molar-refractivity contribution in [2.45, 2.75) is 70.5 Å². The predicted molar refractivity (Wildman–Crippen MR) is 62.8 cm³/mol. The second-order valence-corrected chi connectivity index (χ2v) is 4.60. The van der Waals surface area contributed by atoms with Crippen molar-refractivity contribution in [2.24, 2.45) is 0 Å². The van der Waals surface area contributed by atoms with Crippen molar-refractivity contribution in [3.63, 3.8) is 0 Å². The lowest BCUT2D eigenvalue weighted by Crippen LogP contribution is -2.53. The van der Waals surface area contributed by atoms with Crippen molar-refractivity contribution < 1.29 is 44.5 Å². The van der Waals surface area contributed by atoms with Crippen molar-refractivity contribution in [1.82, 2.24) is 0 Å². The lowest BCUT2D eigenvalue weighted by molar-refractivity contribution is -0.415. The van der Waals surface area contributed by atoms with E-state index in [1.54, 1.807) is 0 Å². The Labute approximate surface area is 116 Å². The van der Waals surface area contributed by atoms with Gasteiger partial charge in [-0.25, -0.2) is 0 Å². The number of hydrogen-bond acceptors (Lipinski definition) is 9. The van der Waals surface area contributed by atoms with Crippen LogP contribution in [0.5, 0.6) is 0 Å². The summed E-state index contributed by atoms with van der Waals surface area (Å²) >= 11 is 0. The molecule has 8 atom stereocenters. The Bertz CT molecular complexity index is 285. The second kappa shape index (κ2) is 7.59. The predicted octanol–water partition coefficient (Wildman–Crippen LogP) is -2.18. The van der Waals surface area contributed by atoms with Crippen LogP contribution in [-0.2, 0) is 18.9 Å². The molecule has 0 amide bonds. The first-order valence-corrected chi connectivity index (χ1v) is 6.24. The summed E-state index contributed by atoms with van der Waals surface area (Å²) in [4.78, 5) is 0. The molecule has 8 unspecified atom stereocenters. The maximum absolute atomic E-state index is 9.73. The van der Waals surface area contributed by atoms with E-state index >= 15 is 0 Å². The summed E-state index contributed by atoms with van der Waals surface area (Å²) in [6.07, 6.45) is -10.5. The van der Waals surface area contributed by atoms with Gasteiger partial charge in [0.05, 0.1) is 6.10 Å². The minimum absolute atomic E-state index is 0.778. The monoisotopic (exact) mass is 298 g/mol. The Kier molecular flexibility index (Phi) is 6.72. The van der Waals surface area contributed by atoms with Gasteiger partial charge in [-0.3, -0.25) is 0 Å². The van der Waals surface area contributed by atoms with Gasteiger partial charge in [-0.2, -0.15) is 0 Å². The molecule has 0 spiro atoms. The van der Waals surface area contributed by atoms with Crippen molar-refractivity contribution in [2.75, 3.05) is 0 Å². The number of ether oxygens (including phenoxy) is 4. The molecule has 0 aromatic carbocycles. The van der Waals surface area contributed by atoms with Crippen molar-refractivity contribution in [1.29, 1.82) is 0 Å². The third-order valence-electron chi connectivity index (χ3n) is 2.63. The molecule has 0 bridgehead atoms. The average Bonchev–Trinajstić information content (AvgIpc) is 2.33. The Hall–Kier alpha value is -0.360. The molecule has 1 fully saturated rings. The summed E-state index contributed by atoms with van der Waals surface area (Å²) in [7, 11) is 0. The highest BCUT2D eigenvalue weighted by Gasteiger charge is 2.39. The third kappa shape index (κ3) is 4.88. The first-order chi connectivity index (χ1) is 9.22. The average molecular weight is 298 g/mol. The van der Waals surface area contributed by atoms with Crippen LogP contribution >= 0.6 is 0 Å². The molecular weight excluding hydrogens is 276 g/mol. The Morgan fingerprint density at radius 3 is 2.10 bits per heavy atom. The number of rotatable bonds is 6. The highest BCUT2D eigenvalue weighted by molar-refractivity contribution is 4.71. The van der Waals surface area contributed by atoms with Gasteiger partial charge in [-0.1, -0.05) is 0 Å². The van der Waals surface area contributed by atoms with Crippen LogP contribution in [0.3, 0.4) is 0 Å². The maximum atomic E-state index is 9.73. The van der Waals surface area contributed by atoms with Crippen molar-refractivity contribution in [3.8, 4) is 0 Å². The van der Waals surface area contributed by atoms with Crippen LogP contribution in [-0.4, -0.2) is 75.3 Å². The van der Waals surface area contributed by atoms with Crippen LogP contribution in [0, 0.1) is 0 Å². The largest absolute Gasteiger partial charge is 0.391 e. The van der Waals surface area contributed by atoms with E-state index < -0.39 is 49.8 Å². The molecule has 0 aromatic rings. The molecule has 0 aromatic heterocycles. The molecule has 20 heavy (non-hydrogen) atoms. The fourth-order valence-corrected chi connectivity index (χ4v) is 1.51. The Morgan fingerprint density at radius 2 is 1.60 bits per heavy atom. The number of aliphatic hydroxyl groups excluding tert-OH is 5. The summed E-state index contributed by atoms with van der Waals surface area (Å²) in [6.45, 7) is 4.07. The fraction of sp³-hybridized carbons (Fsp3) is 1.00. The van der Waals surface area contributed by atoms with Crippen LogP contribution < -0.4 is 0 Å². The van der Waals surface area contributed by atoms with E-state index in [9.17, 15) is 25.5 Å². The highest BCUT2D eigenvalue weighted by Crippen LogP contribution is 2.21. The van der Waals surface area contributed by atoms with Crippen LogP contribution in [0.4, 0.5) is 0 Å². The molecule has 1 rings (SSSR count). The number of hydrogen-bond donors (Lipinski definition) is 5. The van der Waals surface area contributed by atoms with Crippen LogP contribution in [0.2, 0.25) is 0 Å².